The lowest BCUT2D eigenvalue weighted by molar-refractivity contribution is 0.109. The van der Waals surface area contributed by atoms with E-state index in [-0.39, 0.29) is 6.10 Å². The van der Waals surface area contributed by atoms with Crippen LogP contribution in [0, 0.1) is 5.92 Å². The van der Waals surface area contributed by atoms with Crippen LogP contribution < -0.4 is 0 Å². The monoisotopic (exact) mass is 143 g/mol. The van der Waals surface area contributed by atoms with Crippen molar-refractivity contribution in [2.24, 2.45) is 5.92 Å². The fourth-order valence-corrected chi connectivity index (χ4v) is 1.08. The molecule has 0 heterocycles. The van der Waals surface area contributed by atoms with Gasteiger partial charge in [0.1, 0.15) is 0 Å². The van der Waals surface area contributed by atoms with E-state index in [0.717, 1.165) is 13.1 Å². The molecule has 60 valence electrons. The minimum atomic E-state index is -0.0649. The maximum Gasteiger partial charge on any atom is 0.0695 e. The molecule has 0 amide bonds. The van der Waals surface area contributed by atoms with Gasteiger partial charge >= 0.3 is 0 Å². The zero-order valence-electron chi connectivity index (χ0n) is 6.88. The third-order valence-electron chi connectivity index (χ3n) is 2.20. The molecule has 0 aromatic rings. The van der Waals surface area contributed by atoms with Gasteiger partial charge in [-0.05, 0) is 32.4 Å². The van der Waals surface area contributed by atoms with Gasteiger partial charge in [-0.3, -0.25) is 0 Å². The fourth-order valence-electron chi connectivity index (χ4n) is 1.08. The molecule has 10 heavy (non-hydrogen) atoms. The molecule has 0 aromatic heterocycles. The zero-order chi connectivity index (χ0) is 7.56. The second kappa shape index (κ2) is 3.35. The molecule has 1 fully saturated rings. The highest BCUT2D eigenvalue weighted by molar-refractivity contribution is 4.82. The second-order valence-corrected chi connectivity index (χ2v) is 3.26. The van der Waals surface area contributed by atoms with Crippen molar-refractivity contribution in [2.75, 3.05) is 20.1 Å². The highest BCUT2D eigenvalue weighted by atomic mass is 16.3. The van der Waals surface area contributed by atoms with Crippen molar-refractivity contribution >= 4 is 0 Å². The van der Waals surface area contributed by atoms with Crippen LogP contribution >= 0.6 is 0 Å². The van der Waals surface area contributed by atoms with E-state index in [1.807, 2.05) is 7.05 Å². The molecule has 0 radical (unpaired) electrons. The Kier molecular flexibility index (Phi) is 2.69. The quantitative estimate of drug-likeness (QED) is 0.626. The van der Waals surface area contributed by atoms with Gasteiger partial charge in [-0.25, -0.2) is 0 Å². The molecular weight excluding hydrogens is 126 g/mol. The Morgan fingerprint density at radius 3 is 2.60 bits per heavy atom. The number of hydrogen-bond acceptors (Lipinski definition) is 2. The predicted octanol–water partition coefficient (Wildman–Crippen LogP) is 0.709. The summed E-state index contributed by atoms with van der Waals surface area (Å²) in [5, 5.41) is 9.45. The van der Waals surface area contributed by atoms with Gasteiger partial charge in [0.2, 0.25) is 0 Å². The number of rotatable bonds is 4. The van der Waals surface area contributed by atoms with Crippen LogP contribution in [-0.4, -0.2) is 36.2 Å². The van der Waals surface area contributed by atoms with Crippen LogP contribution in [0.2, 0.25) is 0 Å². The van der Waals surface area contributed by atoms with E-state index < -0.39 is 0 Å². The standard InChI is InChI=1S/C8H17NO/c1-3-9(2)6-8(10)7-4-5-7/h7-8,10H,3-6H2,1-2H3. The molecule has 0 aromatic carbocycles. The van der Waals surface area contributed by atoms with E-state index in [4.69, 9.17) is 0 Å². The Morgan fingerprint density at radius 2 is 2.20 bits per heavy atom. The molecule has 0 bridgehead atoms. The molecule has 0 aliphatic heterocycles. The summed E-state index contributed by atoms with van der Waals surface area (Å²) in [6, 6.07) is 0. The Bertz CT molecular complexity index is 101. The zero-order valence-corrected chi connectivity index (χ0v) is 6.88. The van der Waals surface area contributed by atoms with Gasteiger partial charge in [-0.1, -0.05) is 6.92 Å². The number of aliphatic hydroxyl groups excluding tert-OH is 1. The van der Waals surface area contributed by atoms with E-state index in [2.05, 4.69) is 11.8 Å². The maximum atomic E-state index is 9.45. The van der Waals surface area contributed by atoms with Crippen LogP contribution in [0.25, 0.3) is 0 Å². The molecule has 1 rings (SSSR count). The first kappa shape index (κ1) is 8.02. The third kappa shape index (κ3) is 2.27. The van der Waals surface area contributed by atoms with Crippen molar-refractivity contribution in [1.82, 2.24) is 4.90 Å². The summed E-state index contributed by atoms with van der Waals surface area (Å²) in [6.45, 7) is 3.99. The lowest BCUT2D eigenvalue weighted by atomic mass is 10.2. The lowest BCUT2D eigenvalue weighted by Crippen LogP contribution is -2.30. The summed E-state index contributed by atoms with van der Waals surface area (Å²) in [6.07, 6.45) is 2.40. The lowest BCUT2D eigenvalue weighted by Gasteiger charge is -2.17. The predicted molar refractivity (Wildman–Crippen MR) is 41.9 cm³/mol. The van der Waals surface area contributed by atoms with Gasteiger partial charge in [0.05, 0.1) is 6.10 Å². The van der Waals surface area contributed by atoms with E-state index in [1.54, 1.807) is 0 Å². The first-order chi connectivity index (χ1) is 4.74. The first-order valence-electron chi connectivity index (χ1n) is 4.10. The van der Waals surface area contributed by atoms with Gasteiger partial charge in [0, 0.05) is 6.54 Å². The van der Waals surface area contributed by atoms with Gasteiger partial charge in [0.25, 0.3) is 0 Å². The van der Waals surface area contributed by atoms with Crippen LogP contribution in [-0.2, 0) is 0 Å². The molecule has 0 saturated heterocycles. The normalized spacial score (nSPS) is 21.6. The van der Waals surface area contributed by atoms with Gasteiger partial charge in [-0.15, -0.1) is 0 Å². The summed E-state index contributed by atoms with van der Waals surface area (Å²) in [5.74, 6) is 0.619. The number of aliphatic hydroxyl groups is 1. The van der Waals surface area contributed by atoms with Gasteiger partial charge < -0.3 is 10.0 Å². The van der Waals surface area contributed by atoms with Crippen molar-refractivity contribution in [1.29, 1.82) is 0 Å². The van der Waals surface area contributed by atoms with E-state index in [1.165, 1.54) is 12.8 Å². The maximum absolute atomic E-state index is 9.45. The van der Waals surface area contributed by atoms with Crippen molar-refractivity contribution in [3.05, 3.63) is 0 Å². The molecule has 1 aliphatic rings. The largest absolute Gasteiger partial charge is 0.392 e. The summed E-state index contributed by atoms with van der Waals surface area (Å²) in [4.78, 5) is 2.16. The minimum Gasteiger partial charge on any atom is -0.392 e. The summed E-state index contributed by atoms with van der Waals surface area (Å²) < 4.78 is 0. The molecule has 1 unspecified atom stereocenters. The minimum absolute atomic E-state index is 0.0649. The number of nitrogens with zero attached hydrogens (tertiary/aromatic N) is 1. The SMILES string of the molecule is CCN(C)CC(O)C1CC1. The van der Waals surface area contributed by atoms with Crippen LogP contribution in [0.3, 0.4) is 0 Å². The highest BCUT2D eigenvalue weighted by Gasteiger charge is 2.29. The Morgan fingerprint density at radius 1 is 1.60 bits per heavy atom. The Labute approximate surface area is 62.8 Å². The topological polar surface area (TPSA) is 23.5 Å². The average molecular weight is 143 g/mol. The number of likely N-dealkylation sites (N-methyl/N-ethyl adjacent to an activating group) is 1. The highest BCUT2D eigenvalue weighted by Crippen LogP contribution is 2.32. The Balaban J connectivity index is 2.10. The van der Waals surface area contributed by atoms with Crippen molar-refractivity contribution < 1.29 is 5.11 Å². The first-order valence-corrected chi connectivity index (χ1v) is 4.10. The summed E-state index contributed by atoms with van der Waals surface area (Å²) >= 11 is 0. The molecule has 2 nitrogen and oxygen atoms in total. The molecule has 1 saturated carbocycles. The Hall–Kier alpha value is -0.0800. The van der Waals surface area contributed by atoms with Crippen molar-refractivity contribution in [2.45, 2.75) is 25.9 Å². The molecule has 2 heteroatoms. The summed E-state index contributed by atoms with van der Waals surface area (Å²) in [7, 11) is 2.05. The smallest absolute Gasteiger partial charge is 0.0695 e. The molecule has 1 N–H and O–H groups in total. The second-order valence-electron chi connectivity index (χ2n) is 3.26. The van der Waals surface area contributed by atoms with Crippen LogP contribution in [0.15, 0.2) is 0 Å². The van der Waals surface area contributed by atoms with Crippen molar-refractivity contribution in [3.8, 4) is 0 Å². The van der Waals surface area contributed by atoms with Gasteiger partial charge in [0.15, 0.2) is 0 Å². The fraction of sp³-hybridized carbons (Fsp3) is 1.00. The van der Waals surface area contributed by atoms with Crippen LogP contribution in [0.4, 0.5) is 0 Å². The van der Waals surface area contributed by atoms with E-state index in [9.17, 15) is 5.11 Å². The summed E-state index contributed by atoms with van der Waals surface area (Å²) in [5.41, 5.74) is 0. The van der Waals surface area contributed by atoms with Gasteiger partial charge in [-0.2, -0.15) is 0 Å². The molecule has 0 spiro atoms. The van der Waals surface area contributed by atoms with Crippen LogP contribution in [0.5, 0.6) is 0 Å². The average Bonchev–Trinajstić information content (AvgIpc) is 2.68. The van der Waals surface area contributed by atoms with E-state index in [0.29, 0.717) is 5.92 Å². The van der Waals surface area contributed by atoms with E-state index >= 15 is 0 Å². The molecular formula is C8H17NO. The molecule has 1 aliphatic carbocycles. The number of hydrogen-bond donors (Lipinski definition) is 1. The molecule has 1 atom stereocenters. The van der Waals surface area contributed by atoms with Crippen molar-refractivity contribution in [3.63, 3.8) is 0 Å². The third-order valence-corrected chi connectivity index (χ3v) is 2.20. The van der Waals surface area contributed by atoms with Crippen LogP contribution in [0.1, 0.15) is 19.8 Å².